The van der Waals surface area contributed by atoms with Crippen LogP contribution >= 0.6 is 11.6 Å². The minimum atomic E-state index is -0.00398. The van der Waals surface area contributed by atoms with E-state index in [9.17, 15) is 4.79 Å². The zero-order chi connectivity index (χ0) is 18.6. The van der Waals surface area contributed by atoms with E-state index in [-0.39, 0.29) is 5.91 Å². The van der Waals surface area contributed by atoms with Gasteiger partial charge in [-0.15, -0.1) is 0 Å². The molecule has 0 atom stereocenters. The van der Waals surface area contributed by atoms with Crippen LogP contribution in [-0.4, -0.2) is 47.0 Å². The molecule has 4 rings (SSSR count). The SMILES string of the molecule is O=C(/C=C/c1cnc2ccccc2n1)N1CCN(c2cccc(Cl)c2)CC1. The average molecular weight is 379 g/mol. The topological polar surface area (TPSA) is 49.3 Å². The molecule has 1 amide bonds. The van der Waals surface area contributed by atoms with Gasteiger partial charge in [0.15, 0.2) is 0 Å². The molecule has 1 aliphatic rings. The van der Waals surface area contributed by atoms with Gasteiger partial charge >= 0.3 is 0 Å². The molecule has 1 saturated heterocycles. The van der Waals surface area contributed by atoms with Crippen LogP contribution in [0.25, 0.3) is 17.1 Å². The highest BCUT2D eigenvalue weighted by Crippen LogP contribution is 2.21. The van der Waals surface area contributed by atoms with Gasteiger partial charge in [-0.05, 0) is 36.4 Å². The van der Waals surface area contributed by atoms with E-state index in [1.165, 1.54) is 0 Å². The third-order valence-corrected chi connectivity index (χ3v) is 4.86. The number of fused-ring (bicyclic) bond motifs is 1. The highest BCUT2D eigenvalue weighted by atomic mass is 35.5. The molecule has 1 fully saturated rings. The van der Waals surface area contributed by atoms with Crippen molar-refractivity contribution in [2.75, 3.05) is 31.1 Å². The van der Waals surface area contributed by atoms with Gasteiger partial charge in [0.05, 0.1) is 22.9 Å². The fourth-order valence-electron chi connectivity index (χ4n) is 3.17. The minimum absolute atomic E-state index is 0.00398. The second-order valence-corrected chi connectivity index (χ2v) is 6.85. The maximum absolute atomic E-state index is 12.5. The molecule has 136 valence electrons. The lowest BCUT2D eigenvalue weighted by atomic mass is 10.2. The Labute approximate surface area is 162 Å². The summed E-state index contributed by atoms with van der Waals surface area (Å²) in [6.45, 7) is 2.93. The summed E-state index contributed by atoms with van der Waals surface area (Å²) in [4.78, 5) is 25.5. The Hall–Kier alpha value is -2.92. The zero-order valence-corrected chi connectivity index (χ0v) is 15.5. The van der Waals surface area contributed by atoms with Crippen LogP contribution in [0.15, 0.2) is 60.8 Å². The first-order valence-corrected chi connectivity index (χ1v) is 9.26. The Morgan fingerprint density at radius 3 is 2.56 bits per heavy atom. The smallest absolute Gasteiger partial charge is 0.246 e. The molecule has 0 saturated carbocycles. The molecular weight excluding hydrogens is 360 g/mol. The van der Waals surface area contributed by atoms with Gasteiger partial charge in [-0.25, -0.2) is 4.98 Å². The molecule has 27 heavy (non-hydrogen) atoms. The zero-order valence-electron chi connectivity index (χ0n) is 14.8. The van der Waals surface area contributed by atoms with E-state index in [2.05, 4.69) is 14.9 Å². The van der Waals surface area contributed by atoms with Gasteiger partial charge in [-0.3, -0.25) is 9.78 Å². The van der Waals surface area contributed by atoms with E-state index in [1.54, 1.807) is 18.3 Å². The minimum Gasteiger partial charge on any atom is -0.368 e. The molecule has 0 radical (unpaired) electrons. The Bertz CT molecular complexity index is 996. The summed E-state index contributed by atoms with van der Waals surface area (Å²) in [5.41, 5.74) is 3.44. The van der Waals surface area contributed by atoms with Crippen LogP contribution in [0, 0.1) is 0 Å². The fraction of sp³-hybridized carbons (Fsp3) is 0.190. The van der Waals surface area contributed by atoms with Crippen LogP contribution < -0.4 is 4.90 Å². The van der Waals surface area contributed by atoms with E-state index in [1.807, 2.05) is 53.4 Å². The van der Waals surface area contributed by atoms with E-state index >= 15 is 0 Å². The van der Waals surface area contributed by atoms with Crippen LogP contribution in [-0.2, 0) is 4.79 Å². The van der Waals surface area contributed by atoms with Crippen LogP contribution in [0.2, 0.25) is 5.02 Å². The summed E-state index contributed by atoms with van der Waals surface area (Å²) in [5.74, 6) is -0.00398. The van der Waals surface area contributed by atoms with Crippen LogP contribution in [0.4, 0.5) is 5.69 Å². The van der Waals surface area contributed by atoms with Crippen LogP contribution in [0.1, 0.15) is 5.69 Å². The van der Waals surface area contributed by atoms with Crippen molar-refractivity contribution in [2.45, 2.75) is 0 Å². The molecular formula is C21H19ClN4O. The van der Waals surface area contributed by atoms with Gasteiger partial charge in [0.1, 0.15) is 0 Å². The summed E-state index contributed by atoms with van der Waals surface area (Å²) in [6.07, 6.45) is 4.99. The maximum atomic E-state index is 12.5. The number of anilines is 1. The molecule has 0 bridgehead atoms. The second-order valence-electron chi connectivity index (χ2n) is 6.41. The number of amides is 1. The third-order valence-electron chi connectivity index (χ3n) is 4.63. The molecule has 5 nitrogen and oxygen atoms in total. The van der Waals surface area contributed by atoms with Crippen LogP contribution in [0.5, 0.6) is 0 Å². The fourth-order valence-corrected chi connectivity index (χ4v) is 3.36. The quantitative estimate of drug-likeness (QED) is 0.653. The van der Waals surface area contributed by atoms with Gasteiger partial charge in [0, 0.05) is 43.0 Å². The van der Waals surface area contributed by atoms with Crippen LogP contribution in [0.3, 0.4) is 0 Å². The van der Waals surface area contributed by atoms with Crippen molar-refractivity contribution >= 4 is 40.3 Å². The molecule has 0 spiro atoms. The van der Waals surface area contributed by atoms with Crippen molar-refractivity contribution < 1.29 is 4.79 Å². The third kappa shape index (κ3) is 4.09. The number of nitrogens with zero attached hydrogens (tertiary/aromatic N) is 4. The van der Waals surface area contributed by atoms with Gasteiger partial charge < -0.3 is 9.80 Å². The van der Waals surface area contributed by atoms with Gasteiger partial charge in [0.25, 0.3) is 0 Å². The molecule has 0 N–H and O–H groups in total. The molecule has 3 aromatic rings. The summed E-state index contributed by atoms with van der Waals surface area (Å²) in [6, 6.07) is 15.5. The van der Waals surface area contributed by atoms with Gasteiger partial charge in [-0.1, -0.05) is 29.8 Å². The lowest BCUT2D eigenvalue weighted by molar-refractivity contribution is -0.126. The lowest BCUT2D eigenvalue weighted by Gasteiger charge is -2.35. The predicted octanol–water partition coefficient (Wildman–Crippen LogP) is 3.65. The average Bonchev–Trinajstić information content (AvgIpc) is 2.72. The Morgan fingerprint density at radius 2 is 1.78 bits per heavy atom. The molecule has 1 aliphatic heterocycles. The molecule has 2 heterocycles. The second kappa shape index (κ2) is 7.76. The number of hydrogen-bond acceptors (Lipinski definition) is 4. The van der Waals surface area contributed by atoms with Crippen molar-refractivity contribution in [1.29, 1.82) is 0 Å². The van der Waals surface area contributed by atoms with E-state index in [0.717, 1.165) is 34.8 Å². The Balaban J connectivity index is 1.38. The Morgan fingerprint density at radius 1 is 1.00 bits per heavy atom. The first-order valence-electron chi connectivity index (χ1n) is 8.88. The highest BCUT2D eigenvalue weighted by Gasteiger charge is 2.19. The maximum Gasteiger partial charge on any atom is 0.246 e. The monoisotopic (exact) mass is 378 g/mol. The summed E-state index contributed by atoms with van der Waals surface area (Å²) < 4.78 is 0. The van der Waals surface area contributed by atoms with Crippen molar-refractivity contribution in [3.8, 4) is 0 Å². The van der Waals surface area contributed by atoms with E-state index in [4.69, 9.17) is 11.6 Å². The number of rotatable bonds is 3. The van der Waals surface area contributed by atoms with Crippen molar-refractivity contribution in [3.05, 3.63) is 71.5 Å². The molecule has 0 unspecified atom stereocenters. The first-order chi connectivity index (χ1) is 13.2. The number of para-hydroxylation sites is 2. The summed E-state index contributed by atoms with van der Waals surface area (Å²) >= 11 is 6.07. The number of piperazine rings is 1. The number of carbonyl (C=O) groups excluding carboxylic acids is 1. The first kappa shape index (κ1) is 17.5. The van der Waals surface area contributed by atoms with Crippen molar-refractivity contribution in [3.63, 3.8) is 0 Å². The molecule has 0 aliphatic carbocycles. The largest absolute Gasteiger partial charge is 0.368 e. The van der Waals surface area contributed by atoms with Gasteiger partial charge in [0.2, 0.25) is 5.91 Å². The summed E-state index contributed by atoms with van der Waals surface area (Å²) in [5, 5.41) is 0.727. The number of benzene rings is 2. The molecule has 6 heteroatoms. The predicted molar refractivity (Wildman–Crippen MR) is 109 cm³/mol. The highest BCUT2D eigenvalue weighted by molar-refractivity contribution is 6.30. The van der Waals surface area contributed by atoms with E-state index < -0.39 is 0 Å². The normalized spacial score (nSPS) is 14.9. The number of carbonyl (C=O) groups is 1. The van der Waals surface area contributed by atoms with Crippen molar-refractivity contribution in [1.82, 2.24) is 14.9 Å². The summed E-state index contributed by atoms with van der Waals surface area (Å²) in [7, 11) is 0. The van der Waals surface area contributed by atoms with Gasteiger partial charge in [-0.2, -0.15) is 0 Å². The van der Waals surface area contributed by atoms with Crippen molar-refractivity contribution in [2.24, 2.45) is 0 Å². The Kier molecular flexibility index (Phi) is 5.03. The molecule has 2 aromatic carbocycles. The molecule has 1 aromatic heterocycles. The number of aromatic nitrogens is 2. The number of hydrogen-bond donors (Lipinski definition) is 0. The number of halogens is 1. The van der Waals surface area contributed by atoms with E-state index in [0.29, 0.717) is 18.8 Å². The standard InChI is InChI=1S/C21H19ClN4O/c22-16-4-3-5-18(14-16)25-10-12-26(13-11-25)21(27)9-8-17-15-23-19-6-1-2-7-20(19)24-17/h1-9,14-15H,10-13H2/b9-8+. The lowest BCUT2D eigenvalue weighted by Crippen LogP contribution is -2.48.